The molecule has 2 N–H and O–H groups in total. The molecule has 0 radical (unpaired) electrons. The van der Waals surface area contributed by atoms with E-state index >= 15 is 0 Å². The number of nitrogens with one attached hydrogen (secondary N) is 2. The number of amides is 1. The second kappa shape index (κ2) is 8.19. The van der Waals surface area contributed by atoms with Gasteiger partial charge in [0.1, 0.15) is 12.0 Å². The first-order valence-electron chi connectivity index (χ1n) is 9.33. The molecule has 1 aromatic carbocycles. The number of halogens is 6. The van der Waals surface area contributed by atoms with Gasteiger partial charge >= 0.3 is 12.4 Å². The number of hydrogen-bond donors (Lipinski definition) is 2. The van der Waals surface area contributed by atoms with Crippen molar-refractivity contribution in [3.05, 3.63) is 89.3 Å². The average molecular weight is 465 g/mol. The number of nitrogens with zero attached hydrogens (tertiary/aromatic N) is 3. The number of benzene rings is 1. The van der Waals surface area contributed by atoms with Crippen molar-refractivity contribution < 1.29 is 31.1 Å². The fourth-order valence-corrected chi connectivity index (χ4v) is 3.32. The molecule has 0 saturated carbocycles. The van der Waals surface area contributed by atoms with E-state index in [0.717, 1.165) is 42.6 Å². The number of alkyl halides is 6. The predicted octanol–water partition coefficient (Wildman–Crippen LogP) is 4.91. The van der Waals surface area contributed by atoms with Gasteiger partial charge in [0, 0.05) is 24.0 Å². The summed E-state index contributed by atoms with van der Waals surface area (Å²) in [6.07, 6.45) is -4.44. The lowest BCUT2D eigenvalue weighted by Gasteiger charge is -2.22. The predicted molar refractivity (Wildman–Crippen MR) is 104 cm³/mol. The van der Waals surface area contributed by atoms with Crippen LogP contribution in [0.25, 0.3) is 11.0 Å². The molecule has 4 rings (SSSR count). The normalized spacial score (nSPS) is 13.2. The van der Waals surface area contributed by atoms with E-state index in [1.165, 1.54) is 18.7 Å². The van der Waals surface area contributed by atoms with Crippen molar-refractivity contribution in [2.24, 2.45) is 0 Å². The van der Waals surface area contributed by atoms with Crippen LogP contribution in [0.2, 0.25) is 0 Å². The molecule has 0 aliphatic rings. The lowest BCUT2D eigenvalue weighted by atomic mass is 9.97. The first kappa shape index (κ1) is 22.2. The number of carbonyl (C=O) groups excluding carboxylic acids is 1. The van der Waals surface area contributed by atoms with Crippen LogP contribution in [0.5, 0.6) is 0 Å². The summed E-state index contributed by atoms with van der Waals surface area (Å²) in [5.74, 6) is -0.792. The van der Waals surface area contributed by atoms with Gasteiger partial charge in [0.2, 0.25) is 0 Å². The Morgan fingerprint density at radius 2 is 1.70 bits per heavy atom. The maximum atomic E-state index is 13.6. The number of H-pyrrole nitrogens is 1. The van der Waals surface area contributed by atoms with E-state index in [2.05, 4.69) is 25.3 Å². The van der Waals surface area contributed by atoms with Gasteiger partial charge < -0.3 is 10.3 Å². The Kier molecular flexibility index (Phi) is 5.52. The summed E-state index contributed by atoms with van der Waals surface area (Å²) in [4.78, 5) is 27.3. The molecule has 0 fully saturated rings. The second-order valence-corrected chi connectivity index (χ2v) is 6.95. The smallest absolute Gasteiger partial charge is 0.345 e. The maximum Gasteiger partial charge on any atom is 0.418 e. The molecule has 0 aliphatic carbocycles. The van der Waals surface area contributed by atoms with Gasteiger partial charge in [0.05, 0.1) is 28.4 Å². The van der Waals surface area contributed by atoms with Gasteiger partial charge in [-0.2, -0.15) is 26.3 Å². The third-order valence-electron chi connectivity index (χ3n) is 4.86. The lowest BCUT2D eigenvalue weighted by molar-refractivity contribution is -0.139. The van der Waals surface area contributed by atoms with E-state index in [4.69, 9.17) is 0 Å². The highest BCUT2D eigenvalue weighted by Crippen LogP contribution is 2.36. The third kappa shape index (κ3) is 4.49. The van der Waals surface area contributed by atoms with Crippen LogP contribution in [0.1, 0.15) is 38.8 Å². The molecule has 33 heavy (non-hydrogen) atoms. The monoisotopic (exact) mass is 465 g/mol. The number of carbonyl (C=O) groups is 1. The maximum absolute atomic E-state index is 13.6. The second-order valence-electron chi connectivity index (χ2n) is 6.95. The Morgan fingerprint density at radius 1 is 0.970 bits per heavy atom. The molecule has 4 aromatic rings. The van der Waals surface area contributed by atoms with E-state index in [0.29, 0.717) is 11.0 Å². The first-order chi connectivity index (χ1) is 15.6. The summed E-state index contributed by atoms with van der Waals surface area (Å²) in [6, 6.07) is 3.82. The zero-order chi connectivity index (χ0) is 23.8. The number of pyridine rings is 1. The van der Waals surface area contributed by atoms with Gasteiger partial charge in [0.25, 0.3) is 5.91 Å². The van der Waals surface area contributed by atoms with Crippen LogP contribution in [-0.2, 0) is 12.4 Å². The van der Waals surface area contributed by atoms with Gasteiger partial charge in [-0.1, -0.05) is 12.1 Å². The minimum Gasteiger partial charge on any atom is -0.345 e. The molecular formula is C21H13F6N5O. The van der Waals surface area contributed by atoms with Crippen molar-refractivity contribution >= 4 is 16.9 Å². The van der Waals surface area contributed by atoms with Crippen LogP contribution in [0.4, 0.5) is 26.3 Å². The fourth-order valence-electron chi connectivity index (χ4n) is 3.32. The molecule has 12 heteroatoms. The molecule has 0 aliphatic heterocycles. The Labute approximate surface area is 181 Å². The Bertz CT molecular complexity index is 1300. The largest absolute Gasteiger partial charge is 0.418 e. The molecule has 1 amide bonds. The van der Waals surface area contributed by atoms with Crippen molar-refractivity contribution in [3.63, 3.8) is 0 Å². The highest BCUT2D eigenvalue weighted by Gasteiger charge is 2.37. The fraction of sp³-hybridized carbons (Fsp3) is 0.143. The number of aromatic nitrogens is 4. The lowest BCUT2D eigenvalue weighted by Crippen LogP contribution is -2.31. The van der Waals surface area contributed by atoms with Gasteiger partial charge in [-0.05, 0) is 29.8 Å². The van der Waals surface area contributed by atoms with Gasteiger partial charge in [0.15, 0.2) is 0 Å². The van der Waals surface area contributed by atoms with Crippen molar-refractivity contribution in [2.45, 2.75) is 18.4 Å². The molecule has 3 heterocycles. The summed E-state index contributed by atoms with van der Waals surface area (Å²) in [6.45, 7) is 0. The Balaban J connectivity index is 1.79. The molecule has 3 aromatic heterocycles. The van der Waals surface area contributed by atoms with Crippen LogP contribution in [0.3, 0.4) is 0 Å². The molecule has 1 atom stereocenters. The van der Waals surface area contributed by atoms with Crippen LogP contribution in [0.15, 0.2) is 61.3 Å². The molecule has 0 bridgehead atoms. The van der Waals surface area contributed by atoms with Crippen LogP contribution < -0.4 is 5.32 Å². The SMILES string of the molecule is O=C(NC(c1ccc(C(F)(F)F)cc1)c1ncccc1C(F)(F)F)c1c[nH]c2ncncc12. The molecular weight excluding hydrogens is 452 g/mol. The molecule has 6 nitrogen and oxygen atoms in total. The van der Waals surface area contributed by atoms with E-state index in [-0.39, 0.29) is 11.1 Å². The standard InChI is InChI=1S/C21H13F6N5O/c22-20(23,24)12-5-3-11(4-6-12)16(17-15(21(25,26)27)2-1-7-29-17)32-19(33)14-9-30-18-13(14)8-28-10-31-18/h1-10,16H,(H,32,33)(H,28,30,31). The van der Waals surface area contributed by atoms with Crippen LogP contribution >= 0.6 is 0 Å². The minimum atomic E-state index is -4.81. The van der Waals surface area contributed by atoms with Crippen molar-refractivity contribution in [2.75, 3.05) is 0 Å². The van der Waals surface area contributed by atoms with Crippen LogP contribution in [-0.4, -0.2) is 25.8 Å². The van der Waals surface area contributed by atoms with Gasteiger partial charge in [-0.3, -0.25) is 9.78 Å². The third-order valence-corrected chi connectivity index (χ3v) is 4.86. The van der Waals surface area contributed by atoms with E-state index in [1.807, 2.05) is 0 Å². The summed E-state index contributed by atoms with van der Waals surface area (Å²) < 4.78 is 79.8. The zero-order valence-electron chi connectivity index (χ0n) is 16.4. The highest BCUT2D eigenvalue weighted by molar-refractivity contribution is 6.05. The quantitative estimate of drug-likeness (QED) is 0.420. The van der Waals surface area contributed by atoms with Crippen molar-refractivity contribution in [1.82, 2.24) is 25.3 Å². The molecule has 1 unspecified atom stereocenters. The number of rotatable bonds is 4. The number of fused-ring (bicyclic) bond motifs is 1. The highest BCUT2D eigenvalue weighted by atomic mass is 19.4. The minimum absolute atomic E-state index is 0.0170. The van der Waals surface area contributed by atoms with Crippen molar-refractivity contribution in [1.29, 1.82) is 0 Å². The topological polar surface area (TPSA) is 83.6 Å². The van der Waals surface area contributed by atoms with E-state index in [1.54, 1.807) is 0 Å². The number of hydrogen-bond acceptors (Lipinski definition) is 4. The Hall–Kier alpha value is -3.96. The number of aromatic amines is 1. The zero-order valence-corrected chi connectivity index (χ0v) is 16.4. The average Bonchev–Trinajstić information content (AvgIpc) is 3.21. The van der Waals surface area contributed by atoms with E-state index < -0.39 is 41.1 Å². The summed E-state index contributed by atoms with van der Waals surface area (Å²) in [7, 11) is 0. The van der Waals surface area contributed by atoms with Crippen LogP contribution in [0, 0.1) is 0 Å². The summed E-state index contributed by atoms with van der Waals surface area (Å²) in [5.41, 5.74) is -2.31. The molecule has 0 spiro atoms. The molecule has 0 saturated heterocycles. The van der Waals surface area contributed by atoms with Gasteiger partial charge in [-0.15, -0.1) is 0 Å². The van der Waals surface area contributed by atoms with E-state index in [9.17, 15) is 31.1 Å². The van der Waals surface area contributed by atoms with Crippen molar-refractivity contribution in [3.8, 4) is 0 Å². The summed E-state index contributed by atoms with van der Waals surface area (Å²) >= 11 is 0. The molecule has 170 valence electrons. The van der Waals surface area contributed by atoms with Gasteiger partial charge in [-0.25, -0.2) is 9.97 Å². The first-order valence-corrected chi connectivity index (χ1v) is 9.33. The Morgan fingerprint density at radius 3 is 2.36 bits per heavy atom. The summed E-state index contributed by atoms with van der Waals surface area (Å²) in [5, 5.41) is 2.77.